The highest BCUT2D eigenvalue weighted by Gasteiger charge is 2.10. The molecule has 0 aliphatic carbocycles. The van der Waals surface area contributed by atoms with Crippen LogP contribution in [0.5, 0.6) is 0 Å². The van der Waals surface area contributed by atoms with Crippen molar-refractivity contribution in [2.24, 2.45) is 0 Å². The molecule has 0 aromatic heterocycles. The van der Waals surface area contributed by atoms with Gasteiger partial charge in [-0.1, -0.05) is 11.6 Å². The van der Waals surface area contributed by atoms with Gasteiger partial charge in [0.25, 0.3) is 0 Å². The van der Waals surface area contributed by atoms with Gasteiger partial charge in [0.05, 0.1) is 5.75 Å². The van der Waals surface area contributed by atoms with E-state index in [4.69, 9.17) is 11.6 Å². The van der Waals surface area contributed by atoms with E-state index in [0.29, 0.717) is 21.8 Å². The normalized spacial score (nSPS) is 11.1. The van der Waals surface area contributed by atoms with Crippen molar-refractivity contribution in [1.82, 2.24) is 0 Å². The zero-order chi connectivity index (χ0) is 15.5. The van der Waals surface area contributed by atoms with Gasteiger partial charge in [0.1, 0.15) is 0 Å². The van der Waals surface area contributed by atoms with Crippen LogP contribution in [0.4, 0.5) is 5.69 Å². The SMILES string of the molecule is CCS(=O)(=O)Nc1ccc(C(=O)c2ccc(Cl)cc2)cc1. The highest BCUT2D eigenvalue weighted by atomic mass is 35.5. The molecule has 0 radical (unpaired) electrons. The average molecular weight is 324 g/mol. The summed E-state index contributed by atoms with van der Waals surface area (Å²) in [7, 11) is -3.31. The molecule has 2 rings (SSSR count). The number of carbonyl (C=O) groups is 1. The van der Waals surface area contributed by atoms with Crippen LogP contribution in [-0.2, 0) is 10.0 Å². The van der Waals surface area contributed by atoms with E-state index >= 15 is 0 Å². The number of hydrogen-bond acceptors (Lipinski definition) is 3. The smallest absolute Gasteiger partial charge is 0.232 e. The monoisotopic (exact) mass is 323 g/mol. The Kier molecular flexibility index (Phi) is 4.65. The predicted molar refractivity (Wildman–Crippen MR) is 84.4 cm³/mol. The van der Waals surface area contributed by atoms with Gasteiger partial charge in [-0.05, 0) is 55.5 Å². The molecule has 6 heteroatoms. The molecule has 4 nitrogen and oxygen atoms in total. The van der Waals surface area contributed by atoms with Crippen molar-refractivity contribution in [2.45, 2.75) is 6.92 Å². The minimum atomic E-state index is -3.31. The van der Waals surface area contributed by atoms with Crippen LogP contribution in [0, 0.1) is 0 Å². The lowest BCUT2D eigenvalue weighted by atomic mass is 10.0. The summed E-state index contributed by atoms with van der Waals surface area (Å²) in [6.07, 6.45) is 0. The van der Waals surface area contributed by atoms with Gasteiger partial charge in [-0.3, -0.25) is 9.52 Å². The fraction of sp³-hybridized carbons (Fsp3) is 0.133. The highest BCUT2D eigenvalue weighted by molar-refractivity contribution is 7.92. The lowest BCUT2D eigenvalue weighted by molar-refractivity contribution is 0.103. The maximum Gasteiger partial charge on any atom is 0.232 e. The number of rotatable bonds is 5. The third-order valence-electron chi connectivity index (χ3n) is 2.91. The van der Waals surface area contributed by atoms with Crippen molar-refractivity contribution in [1.29, 1.82) is 0 Å². The van der Waals surface area contributed by atoms with Gasteiger partial charge in [-0.15, -0.1) is 0 Å². The van der Waals surface area contributed by atoms with Gasteiger partial charge in [0, 0.05) is 21.8 Å². The van der Waals surface area contributed by atoms with Crippen LogP contribution < -0.4 is 4.72 Å². The third-order valence-corrected chi connectivity index (χ3v) is 4.47. The molecule has 0 unspecified atom stereocenters. The number of nitrogens with one attached hydrogen (secondary N) is 1. The van der Waals surface area contributed by atoms with Gasteiger partial charge in [-0.2, -0.15) is 0 Å². The van der Waals surface area contributed by atoms with Crippen LogP contribution >= 0.6 is 11.6 Å². The van der Waals surface area contributed by atoms with Gasteiger partial charge in [-0.25, -0.2) is 8.42 Å². The molecule has 0 bridgehead atoms. The number of hydrogen-bond donors (Lipinski definition) is 1. The fourth-order valence-corrected chi connectivity index (χ4v) is 2.47. The first kappa shape index (κ1) is 15.5. The van der Waals surface area contributed by atoms with E-state index in [2.05, 4.69) is 4.72 Å². The van der Waals surface area contributed by atoms with Crippen LogP contribution in [0.2, 0.25) is 5.02 Å². The van der Waals surface area contributed by atoms with Gasteiger partial charge in [0.2, 0.25) is 10.0 Å². The number of carbonyl (C=O) groups excluding carboxylic acids is 1. The van der Waals surface area contributed by atoms with Crippen LogP contribution in [0.3, 0.4) is 0 Å². The molecule has 0 atom stereocenters. The quantitative estimate of drug-likeness (QED) is 0.858. The van der Waals surface area contributed by atoms with Crippen LogP contribution in [-0.4, -0.2) is 20.0 Å². The fourth-order valence-electron chi connectivity index (χ4n) is 1.71. The van der Waals surface area contributed by atoms with E-state index in [9.17, 15) is 13.2 Å². The number of benzene rings is 2. The molecule has 0 heterocycles. The highest BCUT2D eigenvalue weighted by Crippen LogP contribution is 2.16. The summed E-state index contributed by atoms with van der Waals surface area (Å²) in [4.78, 5) is 12.2. The second-order valence-electron chi connectivity index (χ2n) is 4.42. The van der Waals surface area contributed by atoms with Crippen molar-refractivity contribution in [3.63, 3.8) is 0 Å². The van der Waals surface area contributed by atoms with Crippen molar-refractivity contribution < 1.29 is 13.2 Å². The minimum Gasteiger partial charge on any atom is -0.289 e. The lowest BCUT2D eigenvalue weighted by Gasteiger charge is -2.07. The number of halogens is 1. The molecule has 0 amide bonds. The molecule has 0 saturated heterocycles. The Labute approximate surface area is 128 Å². The maximum absolute atomic E-state index is 12.2. The molecule has 0 fully saturated rings. The summed E-state index contributed by atoms with van der Waals surface area (Å²) in [5.74, 6) is -0.144. The topological polar surface area (TPSA) is 63.2 Å². The molecule has 2 aromatic carbocycles. The van der Waals surface area contributed by atoms with E-state index in [1.54, 1.807) is 55.5 Å². The first-order valence-corrected chi connectivity index (χ1v) is 8.35. The Morgan fingerprint density at radius 3 is 1.95 bits per heavy atom. The predicted octanol–water partition coefficient (Wildman–Crippen LogP) is 3.33. The zero-order valence-electron chi connectivity index (χ0n) is 11.3. The molecular formula is C15H14ClNO3S. The molecule has 0 saturated carbocycles. The Morgan fingerprint density at radius 1 is 1.00 bits per heavy atom. The Balaban J connectivity index is 2.19. The number of ketones is 1. The summed E-state index contributed by atoms with van der Waals surface area (Å²) in [6.45, 7) is 1.56. The second-order valence-corrected chi connectivity index (χ2v) is 6.87. The summed E-state index contributed by atoms with van der Waals surface area (Å²) < 4.78 is 25.3. The standard InChI is InChI=1S/C15H14ClNO3S/c1-2-21(19,20)17-14-9-5-12(6-10-14)15(18)11-3-7-13(16)8-4-11/h3-10,17H,2H2,1H3. The van der Waals surface area contributed by atoms with E-state index in [1.807, 2.05) is 0 Å². The molecule has 0 aliphatic heterocycles. The van der Waals surface area contributed by atoms with Crippen molar-refractivity contribution in [3.8, 4) is 0 Å². The van der Waals surface area contributed by atoms with Crippen LogP contribution in [0.25, 0.3) is 0 Å². The largest absolute Gasteiger partial charge is 0.289 e. The molecule has 110 valence electrons. The molecule has 2 aromatic rings. The first-order chi connectivity index (χ1) is 9.91. The molecule has 1 N–H and O–H groups in total. The second kappa shape index (κ2) is 6.28. The van der Waals surface area contributed by atoms with E-state index in [0.717, 1.165) is 0 Å². The molecular weight excluding hydrogens is 310 g/mol. The third kappa shape index (κ3) is 4.06. The first-order valence-electron chi connectivity index (χ1n) is 6.32. The lowest BCUT2D eigenvalue weighted by Crippen LogP contribution is -2.14. The van der Waals surface area contributed by atoms with Gasteiger partial charge < -0.3 is 0 Å². The maximum atomic E-state index is 12.2. The zero-order valence-corrected chi connectivity index (χ0v) is 12.9. The van der Waals surface area contributed by atoms with Crippen molar-refractivity contribution in [3.05, 3.63) is 64.7 Å². The van der Waals surface area contributed by atoms with Crippen molar-refractivity contribution >= 4 is 33.1 Å². The Morgan fingerprint density at radius 2 is 1.48 bits per heavy atom. The number of sulfonamides is 1. The number of anilines is 1. The van der Waals surface area contributed by atoms with Crippen LogP contribution in [0.1, 0.15) is 22.8 Å². The Bertz CT molecular complexity index is 737. The van der Waals surface area contributed by atoms with E-state index < -0.39 is 10.0 Å². The Hall–Kier alpha value is -1.85. The molecule has 0 aliphatic rings. The molecule has 0 spiro atoms. The molecule has 21 heavy (non-hydrogen) atoms. The van der Waals surface area contributed by atoms with Gasteiger partial charge in [0.15, 0.2) is 5.78 Å². The summed E-state index contributed by atoms with van der Waals surface area (Å²) in [6, 6.07) is 12.9. The summed E-state index contributed by atoms with van der Waals surface area (Å²) in [5, 5.41) is 0.566. The van der Waals surface area contributed by atoms with Crippen LogP contribution in [0.15, 0.2) is 48.5 Å². The minimum absolute atomic E-state index is 0.00153. The summed E-state index contributed by atoms with van der Waals surface area (Å²) >= 11 is 5.78. The van der Waals surface area contributed by atoms with Gasteiger partial charge >= 0.3 is 0 Å². The van der Waals surface area contributed by atoms with E-state index in [1.165, 1.54) is 0 Å². The average Bonchev–Trinajstić information content (AvgIpc) is 2.48. The van der Waals surface area contributed by atoms with Crippen molar-refractivity contribution in [2.75, 3.05) is 10.5 Å². The summed E-state index contributed by atoms with van der Waals surface area (Å²) in [5.41, 5.74) is 1.45. The van der Waals surface area contributed by atoms with E-state index in [-0.39, 0.29) is 11.5 Å².